The highest BCUT2D eigenvalue weighted by Crippen LogP contribution is 2.30. The van der Waals surface area contributed by atoms with E-state index in [0.717, 1.165) is 22.8 Å². The van der Waals surface area contributed by atoms with Crippen molar-refractivity contribution in [3.63, 3.8) is 0 Å². The molecule has 1 aliphatic carbocycles. The van der Waals surface area contributed by atoms with Crippen LogP contribution in [0.25, 0.3) is 10.6 Å². The number of carbonyl (C=O) groups excluding carboxylic acids is 1. The van der Waals surface area contributed by atoms with Gasteiger partial charge in [-0.05, 0) is 49.3 Å². The predicted octanol–water partition coefficient (Wildman–Crippen LogP) is 4.67. The number of thiophene rings is 1. The van der Waals surface area contributed by atoms with E-state index in [1.165, 1.54) is 6.07 Å². The van der Waals surface area contributed by atoms with Crippen molar-refractivity contribution in [3.05, 3.63) is 53.2 Å². The summed E-state index contributed by atoms with van der Waals surface area (Å²) in [4.78, 5) is 17.2. The molecule has 0 bridgehead atoms. The van der Waals surface area contributed by atoms with Crippen LogP contribution in [-0.4, -0.2) is 33.2 Å². The van der Waals surface area contributed by atoms with Gasteiger partial charge in [0.1, 0.15) is 6.10 Å². The molecule has 4 rings (SSSR count). The number of pyridine rings is 1. The van der Waals surface area contributed by atoms with E-state index in [0.29, 0.717) is 31.4 Å². The molecule has 3 aromatic rings. The Balaban J connectivity index is 1.26. The molecule has 2 N–H and O–H groups in total. The molecule has 0 spiro atoms. The molecule has 0 saturated heterocycles. The minimum absolute atomic E-state index is 0.000183. The van der Waals surface area contributed by atoms with Crippen molar-refractivity contribution >= 4 is 17.2 Å². The third-order valence-electron chi connectivity index (χ3n) is 4.96. The molecule has 1 saturated carbocycles. The molecule has 1 fully saturated rings. The van der Waals surface area contributed by atoms with E-state index < -0.39 is 11.7 Å². The number of nitrogens with one attached hydrogen (secondary N) is 2. The van der Waals surface area contributed by atoms with Crippen molar-refractivity contribution in [2.45, 2.75) is 44.0 Å². The fraction of sp³-hybridized carbons (Fsp3) is 0.350. The van der Waals surface area contributed by atoms with Crippen molar-refractivity contribution in [2.24, 2.45) is 0 Å². The van der Waals surface area contributed by atoms with Crippen molar-refractivity contribution in [2.75, 3.05) is 0 Å². The summed E-state index contributed by atoms with van der Waals surface area (Å²) >= 11 is 1.56. The fourth-order valence-electron chi connectivity index (χ4n) is 3.37. The van der Waals surface area contributed by atoms with Crippen LogP contribution in [0.2, 0.25) is 0 Å². The second-order valence-electron chi connectivity index (χ2n) is 7.09. The number of rotatable bonds is 5. The van der Waals surface area contributed by atoms with Crippen LogP contribution >= 0.6 is 11.3 Å². The molecule has 3 heterocycles. The molecule has 0 aromatic carbocycles. The van der Waals surface area contributed by atoms with Gasteiger partial charge in [0.05, 0.1) is 16.1 Å². The van der Waals surface area contributed by atoms with Gasteiger partial charge in [0.15, 0.2) is 5.69 Å². The lowest BCUT2D eigenvalue weighted by Crippen LogP contribution is -2.39. The molecule has 10 heteroatoms. The molecular formula is C20H19F3N4O2S. The highest BCUT2D eigenvalue weighted by atomic mass is 32.1. The van der Waals surface area contributed by atoms with Gasteiger partial charge in [-0.3, -0.25) is 9.89 Å². The first kappa shape index (κ1) is 20.4. The number of carbonyl (C=O) groups is 1. The zero-order valence-corrected chi connectivity index (χ0v) is 16.6. The van der Waals surface area contributed by atoms with Crippen molar-refractivity contribution < 1.29 is 22.7 Å². The van der Waals surface area contributed by atoms with Gasteiger partial charge in [0.25, 0.3) is 5.91 Å². The Morgan fingerprint density at radius 1 is 1.20 bits per heavy atom. The lowest BCUT2D eigenvalue weighted by Gasteiger charge is -2.29. The standard InChI is InChI=1S/C20H19F3N4O2S/c21-20(22,23)12-3-8-18(24-11-12)29-14-6-4-13(5-7-14)25-19(28)16-10-15(26-27-16)17-2-1-9-30-17/h1-3,8-11,13-14H,4-7H2,(H,25,28)(H,26,27). The Morgan fingerprint density at radius 3 is 2.63 bits per heavy atom. The topological polar surface area (TPSA) is 79.9 Å². The summed E-state index contributed by atoms with van der Waals surface area (Å²) < 4.78 is 43.5. The Kier molecular flexibility index (Phi) is 5.76. The third kappa shape index (κ3) is 4.81. The monoisotopic (exact) mass is 436 g/mol. The number of hydrogen-bond acceptors (Lipinski definition) is 5. The molecule has 0 aliphatic heterocycles. The number of ether oxygens (including phenoxy) is 1. The fourth-order valence-corrected chi connectivity index (χ4v) is 4.06. The zero-order chi connectivity index (χ0) is 21.1. The highest BCUT2D eigenvalue weighted by Gasteiger charge is 2.31. The van der Waals surface area contributed by atoms with Crippen molar-refractivity contribution in [1.29, 1.82) is 0 Å². The van der Waals surface area contributed by atoms with Gasteiger partial charge in [-0.1, -0.05) is 6.07 Å². The second-order valence-corrected chi connectivity index (χ2v) is 8.04. The molecule has 3 aromatic heterocycles. The molecule has 0 radical (unpaired) electrons. The molecule has 0 atom stereocenters. The Hall–Kier alpha value is -2.88. The maximum Gasteiger partial charge on any atom is 0.417 e. The number of alkyl halides is 3. The number of hydrogen-bond donors (Lipinski definition) is 2. The normalized spacial score (nSPS) is 19.4. The van der Waals surface area contributed by atoms with Crippen LogP contribution in [0.4, 0.5) is 13.2 Å². The summed E-state index contributed by atoms with van der Waals surface area (Å²) in [5.74, 6) is -0.0593. The minimum Gasteiger partial charge on any atom is -0.474 e. The molecule has 1 amide bonds. The molecule has 30 heavy (non-hydrogen) atoms. The first-order valence-corrected chi connectivity index (χ1v) is 10.4. The van der Waals surface area contributed by atoms with Gasteiger partial charge in [-0.2, -0.15) is 18.3 Å². The molecule has 0 unspecified atom stereocenters. The number of H-pyrrole nitrogens is 1. The first-order valence-electron chi connectivity index (χ1n) is 9.48. The minimum atomic E-state index is -4.42. The number of aromatic nitrogens is 3. The van der Waals surface area contributed by atoms with Gasteiger partial charge < -0.3 is 10.1 Å². The maximum atomic E-state index is 12.6. The van der Waals surface area contributed by atoms with Crippen LogP contribution in [0.3, 0.4) is 0 Å². The lowest BCUT2D eigenvalue weighted by molar-refractivity contribution is -0.137. The number of amides is 1. The maximum absolute atomic E-state index is 12.6. The van der Waals surface area contributed by atoms with Crippen molar-refractivity contribution in [1.82, 2.24) is 20.5 Å². The van der Waals surface area contributed by atoms with Gasteiger partial charge in [-0.15, -0.1) is 11.3 Å². The Labute approximate surface area is 174 Å². The van der Waals surface area contributed by atoms with E-state index in [-0.39, 0.29) is 23.9 Å². The summed E-state index contributed by atoms with van der Waals surface area (Å²) in [6.07, 6.45) is -1.02. The van der Waals surface area contributed by atoms with E-state index in [4.69, 9.17) is 4.74 Å². The van der Waals surface area contributed by atoms with Crippen LogP contribution in [0.1, 0.15) is 41.7 Å². The summed E-state index contributed by atoms with van der Waals surface area (Å²) in [6.45, 7) is 0. The number of nitrogens with zero attached hydrogens (tertiary/aromatic N) is 2. The van der Waals surface area contributed by atoms with Crippen LogP contribution in [0.5, 0.6) is 5.88 Å². The number of aromatic amines is 1. The van der Waals surface area contributed by atoms with E-state index in [2.05, 4.69) is 20.5 Å². The average Bonchev–Trinajstić information content (AvgIpc) is 3.41. The molecular weight excluding hydrogens is 417 g/mol. The van der Waals surface area contributed by atoms with E-state index in [1.807, 2.05) is 17.5 Å². The zero-order valence-electron chi connectivity index (χ0n) is 15.8. The second kappa shape index (κ2) is 8.47. The number of halogens is 3. The summed E-state index contributed by atoms with van der Waals surface area (Å²) in [5, 5.41) is 11.9. The summed E-state index contributed by atoms with van der Waals surface area (Å²) in [5.41, 5.74) is 0.337. The third-order valence-corrected chi connectivity index (χ3v) is 5.86. The van der Waals surface area contributed by atoms with Crippen molar-refractivity contribution in [3.8, 4) is 16.5 Å². The Bertz CT molecular complexity index is 978. The molecule has 1 aliphatic rings. The predicted molar refractivity (Wildman–Crippen MR) is 105 cm³/mol. The lowest BCUT2D eigenvalue weighted by atomic mass is 9.93. The highest BCUT2D eigenvalue weighted by molar-refractivity contribution is 7.13. The van der Waals surface area contributed by atoms with E-state index in [1.54, 1.807) is 17.4 Å². The SMILES string of the molecule is O=C(NC1CCC(Oc2ccc(C(F)(F)F)cn2)CC1)c1cc(-c2cccs2)[nH]n1. The van der Waals surface area contributed by atoms with Gasteiger partial charge in [0, 0.05) is 18.3 Å². The van der Waals surface area contributed by atoms with E-state index in [9.17, 15) is 18.0 Å². The summed E-state index contributed by atoms with van der Waals surface area (Å²) in [6, 6.07) is 7.81. The smallest absolute Gasteiger partial charge is 0.417 e. The van der Waals surface area contributed by atoms with Gasteiger partial charge in [-0.25, -0.2) is 4.98 Å². The molecule has 6 nitrogen and oxygen atoms in total. The van der Waals surface area contributed by atoms with Gasteiger partial charge >= 0.3 is 6.18 Å². The van der Waals surface area contributed by atoms with Gasteiger partial charge in [0.2, 0.25) is 5.88 Å². The quantitative estimate of drug-likeness (QED) is 0.609. The van der Waals surface area contributed by atoms with E-state index >= 15 is 0 Å². The van der Waals surface area contributed by atoms with Crippen LogP contribution in [0.15, 0.2) is 41.9 Å². The van der Waals surface area contributed by atoms with Crippen LogP contribution in [0, 0.1) is 0 Å². The average molecular weight is 436 g/mol. The summed E-state index contributed by atoms with van der Waals surface area (Å²) in [7, 11) is 0. The molecule has 158 valence electrons. The first-order chi connectivity index (χ1) is 14.4. The Morgan fingerprint density at radius 2 is 2.00 bits per heavy atom. The van der Waals surface area contributed by atoms with Crippen LogP contribution < -0.4 is 10.1 Å². The van der Waals surface area contributed by atoms with Crippen LogP contribution in [-0.2, 0) is 6.18 Å². The largest absolute Gasteiger partial charge is 0.474 e.